The normalized spacial score (nSPS) is 14.6. The smallest absolute Gasteiger partial charge is 0.229 e. The second-order valence-corrected chi connectivity index (χ2v) is 8.83. The van der Waals surface area contributed by atoms with E-state index < -0.39 is 10.0 Å². The highest BCUT2D eigenvalue weighted by Gasteiger charge is 2.19. The molecular formula is C22H18ClNO3S. The van der Waals surface area contributed by atoms with Gasteiger partial charge in [0, 0.05) is 16.3 Å². The van der Waals surface area contributed by atoms with E-state index in [2.05, 4.69) is 4.72 Å². The van der Waals surface area contributed by atoms with E-state index >= 15 is 0 Å². The number of rotatable bonds is 3. The van der Waals surface area contributed by atoms with Gasteiger partial charge in [-0.2, -0.15) is 0 Å². The van der Waals surface area contributed by atoms with Crippen LogP contribution in [0.25, 0.3) is 11.6 Å². The number of hydrogen-bond donors (Lipinski definition) is 1. The van der Waals surface area contributed by atoms with Crippen molar-refractivity contribution in [3.8, 4) is 5.75 Å². The molecule has 0 radical (unpaired) electrons. The highest BCUT2D eigenvalue weighted by atomic mass is 35.5. The fraction of sp³-hybridized carbons (Fsp3) is 0.0909. The van der Waals surface area contributed by atoms with Crippen molar-refractivity contribution in [2.75, 3.05) is 11.0 Å². The number of fused-ring (bicyclic) bond motifs is 2. The largest absolute Gasteiger partial charge is 0.488 e. The Hall–Kier alpha value is -2.76. The van der Waals surface area contributed by atoms with Crippen molar-refractivity contribution in [2.24, 2.45) is 0 Å². The maximum absolute atomic E-state index is 11.6. The molecule has 0 aromatic heterocycles. The van der Waals surface area contributed by atoms with Crippen LogP contribution in [0, 0.1) is 0 Å². The standard InChI is InChI=1S/C22H18ClNO3S/c1-28(25,26)24-18-6-4-5-15(11-18)12-21-19-10-9-17(23)13-16(19)14-27-22-8-3-2-7-20(21)22/h2-13,24H,14H2,1H3/b21-12-. The SMILES string of the molecule is CS(=O)(=O)Nc1cccc(/C=C2/c3ccc(Cl)cc3COc3ccccc32)c1. The van der Waals surface area contributed by atoms with E-state index in [1.54, 1.807) is 12.1 Å². The van der Waals surface area contributed by atoms with Crippen LogP contribution in [0.1, 0.15) is 22.3 Å². The quantitative estimate of drug-likeness (QED) is 0.645. The number of ether oxygens (including phenoxy) is 1. The lowest BCUT2D eigenvalue weighted by atomic mass is 9.92. The van der Waals surface area contributed by atoms with E-state index in [1.807, 2.05) is 60.7 Å². The molecule has 0 atom stereocenters. The first kappa shape index (κ1) is 18.6. The number of hydrogen-bond acceptors (Lipinski definition) is 3. The molecule has 3 aromatic rings. The molecule has 0 saturated carbocycles. The predicted molar refractivity (Wildman–Crippen MR) is 114 cm³/mol. The van der Waals surface area contributed by atoms with Gasteiger partial charge in [0.1, 0.15) is 12.4 Å². The minimum absolute atomic E-state index is 0.430. The van der Waals surface area contributed by atoms with Crippen molar-refractivity contribution in [1.29, 1.82) is 0 Å². The molecule has 1 heterocycles. The molecule has 3 aromatic carbocycles. The highest BCUT2D eigenvalue weighted by molar-refractivity contribution is 7.92. The first-order valence-corrected chi connectivity index (χ1v) is 11.0. The molecule has 4 nitrogen and oxygen atoms in total. The maximum atomic E-state index is 11.6. The van der Waals surface area contributed by atoms with Crippen LogP contribution < -0.4 is 9.46 Å². The summed E-state index contributed by atoms with van der Waals surface area (Å²) in [7, 11) is -3.34. The number of benzene rings is 3. The predicted octanol–water partition coefficient (Wildman–Crippen LogP) is 5.19. The number of nitrogens with one attached hydrogen (secondary N) is 1. The Morgan fingerprint density at radius 3 is 2.64 bits per heavy atom. The molecular weight excluding hydrogens is 394 g/mol. The van der Waals surface area contributed by atoms with Gasteiger partial charge in [-0.3, -0.25) is 4.72 Å². The summed E-state index contributed by atoms with van der Waals surface area (Å²) < 4.78 is 31.6. The van der Waals surface area contributed by atoms with E-state index in [1.165, 1.54) is 0 Å². The van der Waals surface area contributed by atoms with Crippen LogP contribution in [0.5, 0.6) is 5.75 Å². The Morgan fingerprint density at radius 1 is 1.00 bits per heavy atom. The van der Waals surface area contributed by atoms with Gasteiger partial charge in [0.25, 0.3) is 0 Å². The molecule has 28 heavy (non-hydrogen) atoms. The van der Waals surface area contributed by atoms with E-state index in [0.29, 0.717) is 17.3 Å². The molecule has 0 spiro atoms. The summed E-state index contributed by atoms with van der Waals surface area (Å²) in [5.41, 5.74) is 5.41. The van der Waals surface area contributed by atoms with Gasteiger partial charge in [-0.1, -0.05) is 48.0 Å². The molecule has 0 amide bonds. The van der Waals surface area contributed by atoms with Crippen molar-refractivity contribution < 1.29 is 13.2 Å². The topological polar surface area (TPSA) is 55.4 Å². The van der Waals surface area contributed by atoms with Crippen molar-refractivity contribution in [3.05, 3.63) is 94.0 Å². The van der Waals surface area contributed by atoms with Gasteiger partial charge in [-0.25, -0.2) is 8.42 Å². The Labute approximate surface area is 169 Å². The first-order valence-electron chi connectivity index (χ1n) is 8.70. The fourth-order valence-corrected chi connectivity index (χ4v) is 4.04. The molecule has 1 N–H and O–H groups in total. The average molecular weight is 412 g/mol. The Kier molecular flexibility index (Phi) is 4.87. The molecule has 0 bridgehead atoms. The van der Waals surface area contributed by atoms with Gasteiger partial charge < -0.3 is 4.74 Å². The molecule has 0 unspecified atom stereocenters. The van der Waals surface area contributed by atoms with Crippen LogP contribution in [0.4, 0.5) is 5.69 Å². The number of halogens is 1. The Morgan fingerprint density at radius 2 is 1.82 bits per heavy atom. The summed E-state index contributed by atoms with van der Waals surface area (Å²) >= 11 is 6.19. The molecule has 1 aliphatic rings. The molecule has 1 aliphatic heterocycles. The van der Waals surface area contributed by atoms with Crippen molar-refractivity contribution in [1.82, 2.24) is 0 Å². The highest BCUT2D eigenvalue weighted by Crippen LogP contribution is 2.38. The van der Waals surface area contributed by atoms with Gasteiger partial charge in [-0.15, -0.1) is 0 Å². The van der Waals surface area contributed by atoms with E-state index in [-0.39, 0.29) is 0 Å². The third kappa shape index (κ3) is 4.06. The average Bonchev–Trinajstić information content (AvgIpc) is 2.78. The Bertz CT molecular complexity index is 1190. The van der Waals surface area contributed by atoms with Gasteiger partial charge in [-0.05, 0) is 58.7 Å². The van der Waals surface area contributed by atoms with Crippen LogP contribution >= 0.6 is 11.6 Å². The summed E-state index contributed by atoms with van der Waals surface area (Å²) in [6, 6.07) is 20.9. The molecule has 4 rings (SSSR count). The van der Waals surface area contributed by atoms with E-state index in [9.17, 15) is 8.42 Å². The maximum Gasteiger partial charge on any atom is 0.229 e. The number of anilines is 1. The molecule has 6 heteroatoms. The zero-order valence-corrected chi connectivity index (χ0v) is 16.7. The molecule has 142 valence electrons. The zero-order chi connectivity index (χ0) is 19.7. The lowest BCUT2D eigenvalue weighted by Gasteiger charge is -2.11. The van der Waals surface area contributed by atoms with Gasteiger partial charge >= 0.3 is 0 Å². The number of para-hydroxylation sites is 1. The summed E-state index contributed by atoms with van der Waals surface area (Å²) in [5.74, 6) is 0.798. The zero-order valence-electron chi connectivity index (χ0n) is 15.1. The summed E-state index contributed by atoms with van der Waals surface area (Å²) in [4.78, 5) is 0. The van der Waals surface area contributed by atoms with Gasteiger partial charge in [0.05, 0.1) is 6.26 Å². The monoisotopic (exact) mass is 411 g/mol. The lowest BCUT2D eigenvalue weighted by molar-refractivity contribution is 0.307. The van der Waals surface area contributed by atoms with Crippen LogP contribution in [-0.4, -0.2) is 14.7 Å². The first-order chi connectivity index (χ1) is 13.4. The molecule has 0 saturated heterocycles. The minimum atomic E-state index is -3.34. The second kappa shape index (κ2) is 7.34. The summed E-state index contributed by atoms with van der Waals surface area (Å²) in [6.07, 6.45) is 3.17. The third-order valence-corrected chi connectivity index (χ3v) is 5.26. The second-order valence-electron chi connectivity index (χ2n) is 6.64. The molecule has 0 aliphatic carbocycles. The Balaban J connectivity index is 1.88. The third-order valence-electron chi connectivity index (χ3n) is 4.42. The van der Waals surface area contributed by atoms with Gasteiger partial charge in [0.15, 0.2) is 0 Å². The van der Waals surface area contributed by atoms with Gasteiger partial charge in [0.2, 0.25) is 10.0 Å². The summed E-state index contributed by atoms with van der Waals surface area (Å²) in [6.45, 7) is 0.430. The van der Waals surface area contributed by atoms with Crippen molar-refractivity contribution in [3.63, 3.8) is 0 Å². The lowest BCUT2D eigenvalue weighted by Crippen LogP contribution is -2.09. The molecule has 0 fully saturated rings. The van der Waals surface area contributed by atoms with Crippen LogP contribution in [0.15, 0.2) is 66.7 Å². The summed E-state index contributed by atoms with van der Waals surface area (Å²) in [5, 5.41) is 0.659. The van der Waals surface area contributed by atoms with Crippen molar-refractivity contribution >= 4 is 39.0 Å². The van der Waals surface area contributed by atoms with Crippen LogP contribution in [-0.2, 0) is 16.6 Å². The number of sulfonamides is 1. The van der Waals surface area contributed by atoms with Crippen molar-refractivity contribution in [2.45, 2.75) is 6.61 Å². The van der Waals surface area contributed by atoms with Crippen LogP contribution in [0.2, 0.25) is 5.02 Å². The fourth-order valence-electron chi connectivity index (χ4n) is 3.29. The van der Waals surface area contributed by atoms with E-state index in [0.717, 1.165) is 39.8 Å². The minimum Gasteiger partial charge on any atom is -0.488 e. The van der Waals surface area contributed by atoms with Crippen LogP contribution in [0.3, 0.4) is 0 Å². The van der Waals surface area contributed by atoms with E-state index in [4.69, 9.17) is 16.3 Å².